The number of carbonyl (C=O) groups is 1. The maximum Gasteiger partial charge on any atom is 0.248 e. The van der Waals surface area contributed by atoms with Crippen LogP contribution in [0.4, 0.5) is 0 Å². The van der Waals surface area contributed by atoms with Crippen LogP contribution in [0.3, 0.4) is 0 Å². The van der Waals surface area contributed by atoms with Crippen molar-refractivity contribution in [2.24, 2.45) is 0 Å². The Kier molecular flexibility index (Phi) is 11.5. The molecule has 0 aliphatic rings. The molecule has 0 heterocycles. The normalized spacial score (nSPS) is 10.5. The summed E-state index contributed by atoms with van der Waals surface area (Å²) in [5.41, 5.74) is 0. The van der Waals surface area contributed by atoms with Gasteiger partial charge in [-0.25, -0.2) is 0 Å². The fourth-order valence-electron chi connectivity index (χ4n) is 1.56. The molecule has 0 saturated heterocycles. The van der Waals surface area contributed by atoms with Gasteiger partial charge in [0.05, 0.1) is 0 Å². The topological polar surface area (TPSA) is 29.5 Å². The minimum Gasteiger partial charge on any atom is -0.372 e. The maximum atomic E-state index is 11.9. The molecule has 102 valence electrons. The number of carbonyl (C=O) groups excluding carboxylic acids is 1. The fourth-order valence-corrected chi connectivity index (χ4v) is 1.56. The zero-order valence-corrected chi connectivity index (χ0v) is 11.8. The van der Waals surface area contributed by atoms with Crippen LogP contribution in [0.25, 0.3) is 0 Å². The summed E-state index contributed by atoms with van der Waals surface area (Å²) < 4.78 is 5.39. The standard InChI is InChI=1S/C14H29NO2/c1-4-7-10-15(11-8-5-2)14(16)13-17-12-9-6-3/h4-13H2,1-3H3. The maximum absolute atomic E-state index is 11.9. The second-order valence-corrected chi connectivity index (χ2v) is 4.49. The number of hydrogen-bond acceptors (Lipinski definition) is 2. The van der Waals surface area contributed by atoms with Crippen LogP contribution in [0.2, 0.25) is 0 Å². The van der Waals surface area contributed by atoms with Crippen LogP contribution in [0.1, 0.15) is 59.3 Å². The van der Waals surface area contributed by atoms with Crippen molar-refractivity contribution in [2.45, 2.75) is 59.3 Å². The van der Waals surface area contributed by atoms with Crippen molar-refractivity contribution >= 4 is 5.91 Å². The lowest BCUT2D eigenvalue weighted by atomic mass is 10.2. The lowest BCUT2D eigenvalue weighted by Crippen LogP contribution is -2.35. The van der Waals surface area contributed by atoms with Gasteiger partial charge in [0, 0.05) is 19.7 Å². The molecule has 17 heavy (non-hydrogen) atoms. The first kappa shape index (κ1) is 16.4. The molecule has 0 unspecified atom stereocenters. The lowest BCUT2D eigenvalue weighted by molar-refractivity contribution is -0.136. The predicted octanol–water partition coefficient (Wildman–Crippen LogP) is 3.23. The molecule has 0 aromatic rings. The second-order valence-electron chi connectivity index (χ2n) is 4.49. The molecule has 0 aromatic carbocycles. The summed E-state index contributed by atoms with van der Waals surface area (Å²) in [6.45, 7) is 9.16. The molecular formula is C14H29NO2. The van der Waals surface area contributed by atoms with E-state index in [0.717, 1.165) is 51.6 Å². The second kappa shape index (κ2) is 11.9. The highest BCUT2D eigenvalue weighted by Gasteiger charge is 2.11. The number of unbranched alkanes of at least 4 members (excludes halogenated alkanes) is 3. The zero-order valence-electron chi connectivity index (χ0n) is 11.8. The van der Waals surface area contributed by atoms with Gasteiger partial charge in [0.15, 0.2) is 0 Å². The Morgan fingerprint density at radius 3 is 1.94 bits per heavy atom. The van der Waals surface area contributed by atoms with E-state index in [2.05, 4.69) is 20.8 Å². The Labute approximate surface area is 107 Å². The molecule has 3 nitrogen and oxygen atoms in total. The largest absolute Gasteiger partial charge is 0.372 e. The van der Waals surface area contributed by atoms with Crippen LogP contribution in [-0.4, -0.2) is 37.1 Å². The summed E-state index contributed by atoms with van der Waals surface area (Å²) in [6, 6.07) is 0. The number of ether oxygens (including phenoxy) is 1. The number of rotatable bonds is 11. The summed E-state index contributed by atoms with van der Waals surface area (Å²) in [4.78, 5) is 13.9. The molecule has 0 fully saturated rings. The van der Waals surface area contributed by atoms with E-state index >= 15 is 0 Å². The SMILES string of the molecule is CCCCOCC(=O)N(CCCC)CCCC. The van der Waals surface area contributed by atoms with E-state index in [9.17, 15) is 4.79 Å². The van der Waals surface area contributed by atoms with Gasteiger partial charge in [0.1, 0.15) is 6.61 Å². The van der Waals surface area contributed by atoms with E-state index in [0.29, 0.717) is 6.61 Å². The molecule has 0 N–H and O–H groups in total. The van der Waals surface area contributed by atoms with Gasteiger partial charge < -0.3 is 9.64 Å². The molecule has 0 atom stereocenters. The molecule has 1 amide bonds. The van der Waals surface area contributed by atoms with Crippen LogP contribution in [0.5, 0.6) is 0 Å². The predicted molar refractivity (Wildman–Crippen MR) is 72.1 cm³/mol. The molecule has 0 bridgehead atoms. The molecule has 0 aliphatic carbocycles. The molecule has 0 aliphatic heterocycles. The summed E-state index contributed by atoms with van der Waals surface area (Å²) in [7, 11) is 0. The Morgan fingerprint density at radius 2 is 1.47 bits per heavy atom. The van der Waals surface area contributed by atoms with Gasteiger partial charge in [-0.2, -0.15) is 0 Å². The van der Waals surface area contributed by atoms with E-state index in [1.807, 2.05) is 4.90 Å². The van der Waals surface area contributed by atoms with Crippen molar-refractivity contribution in [1.82, 2.24) is 4.90 Å². The van der Waals surface area contributed by atoms with Gasteiger partial charge in [-0.3, -0.25) is 4.79 Å². The molecule has 0 rings (SSSR count). The third-order valence-corrected chi connectivity index (χ3v) is 2.78. The zero-order chi connectivity index (χ0) is 12.9. The van der Waals surface area contributed by atoms with E-state index in [1.165, 1.54) is 0 Å². The number of hydrogen-bond donors (Lipinski definition) is 0. The van der Waals surface area contributed by atoms with Gasteiger partial charge in [-0.15, -0.1) is 0 Å². The van der Waals surface area contributed by atoms with Crippen molar-refractivity contribution < 1.29 is 9.53 Å². The first-order valence-corrected chi connectivity index (χ1v) is 7.11. The van der Waals surface area contributed by atoms with Crippen molar-refractivity contribution in [3.63, 3.8) is 0 Å². The van der Waals surface area contributed by atoms with Gasteiger partial charge in [0.2, 0.25) is 5.91 Å². The van der Waals surface area contributed by atoms with E-state index in [1.54, 1.807) is 0 Å². The highest BCUT2D eigenvalue weighted by atomic mass is 16.5. The lowest BCUT2D eigenvalue weighted by Gasteiger charge is -2.22. The van der Waals surface area contributed by atoms with Crippen molar-refractivity contribution in [3.05, 3.63) is 0 Å². The van der Waals surface area contributed by atoms with Crippen LogP contribution < -0.4 is 0 Å². The first-order valence-electron chi connectivity index (χ1n) is 7.11. The average Bonchev–Trinajstić information content (AvgIpc) is 2.34. The van der Waals surface area contributed by atoms with Gasteiger partial charge >= 0.3 is 0 Å². The van der Waals surface area contributed by atoms with Gasteiger partial charge in [0.25, 0.3) is 0 Å². The summed E-state index contributed by atoms with van der Waals surface area (Å²) in [6.07, 6.45) is 6.59. The number of nitrogens with zero attached hydrogens (tertiary/aromatic N) is 1. The van der Waals surface area contributed by atoms with Crippen LogP contribution >= 0.6 is 0 Å². The third-order valence-electron chi connectivity index (χ3n) is 2.78. The monoisotopic (exact) mass is 243 g/mol. The molecule has 0 spiro atoms. The van der Waals surface area contributed by atoms with Crippen molar-refractivity contribution in [2.75, 3.05) is 26.3 Å². The smallest absolute Gasteiger partial charge is 0.248 e. The summed E-state index contributed by atoms with van der Waals surface area (Å²) in [5.74, 6) is 0.156. The van der Waals surface area contributed by atoms with Crippen molar-refractivity contribution in [3.8, 4) is 0 Å². The molecule has 0 aromatic heterocycles. The van der Waals surface area contributed by atoms with Crippen LogP contribution in [0, 0.1) is 0 Å². The molecular weight excluding hydrogens is 214 g/mol. The van der Waals surface area contributed by atoms with Crippen LogP contribution in [0.15, 0.2) is 0 Å². The quantitative estimate of drug-likeness (QED) is 0.521. The molecule has 0 saturated carbocycles. The van der Waals surface area contributed by atoms with Gasteiger partial charge in [-0.1, -0.05) is 40.0 Å². The Bertz CT molecular complexity index is 175. The minimum absolute atomic E-state index is 0.156. The molecule has 3 heteroatoms. The minimum atomic E-state index is 0.156. The fraction of sp³-hybridized carbons (Fsp3) is 0.929. The highest BCUT2D eigenvalue weighted by molar-refractivity contribution is 5.77. The summed E-state index contributed by atoms with van der Waals surface area (Å²) >= 11 is 0. The Balaban J connectivity index is 3.85. The summed E-state index contributed by atoms with van der Waals surface area (Å²) in [5, 5.41) is 0. The van der Waals surface area contributed by atoms with Crippen LogP contribution in [-0.2, 0) is 9.53 Å². The van der Waals surface area contributed by atoms with E-state index < -0.39 is 0 Å². The average molecular weight is 243 g/mol. The van der Waals surface area contributed by atoms with Crippen molar-refractivity contribution in [1.29, 1.82) is 0 Å². The van der Waals surface area contributed by atoms with E-state index in [4.69, 9.17) is 4.74 Å². The first-order chi connectivity index (χ1) is 8.26. The van der Waals surface area contributed by atoms with E-state index in [-0.39, 0.29) is 12.5 Å². The third kappa shape index (κ3) is 9.16. The number of amides is 1. The van der Waals surface area contributed by atoms with Gasteiger partial charge in [-0.05, 0) is 19.3 Å². The highest BCUT2D eigenvalue weighted by Crippen LogP contribution is 2.01. The Morgan fingerprint density at radius 1 is 0.941 bits per heavy atom. The molecule has 0 radical (unpaired) electrons. The Hall–Kier alpha value is -0.570.